The van der Waals surface area contributed by atoms with Crippen molar-refractivity contribution in [3.8, 4) is 0 Å². The summed E-state index contributed by atoms with van der Waals surface area (Å²) in [6, 6.07) is 0. The topological polar surface area (TPSA) is 215 Å². The third kappa shape index (κ3) is 17.6. The van der Waals surface area contributed by atoms with E-state index in [2.05, 4.69) is 6.92 Å². The minimum Gasteiger partial charge on any atom is -0.394 e. The monoisotopic (exact) mass is 714 g/mol. The van der Waals surface area contributed by atoms with E-state index >= 15 is 0 Å². The van der Waals surface area contributed by atoms with E-state index in [1.807, 2.05) is 0 Å². The van der Waals surface area contributed by atoms with Crippen LogP contribution in [0.4, 0.5) is 0 Å². The number of ether oxygens (including phenoxy) is 8. The smallest absolute Gasteiger partial charge is 0.187 e. The third-order valence-electron chi connectivity index (χ3n) is 8.73. The van der Waals surface area contributed by atoms with Gasteiger partial charge in [-0.25, -0.2) is 0 Å². The first-order valence-corrected chi connectivity index (χ1v) is 18.4. The molecule has 0 unspecified atom stereocenters. The molecular formula is C34H66O15. The molecule has 15 nitrogen and oxygen atoms in total. The molecule has 0 radical (unpaired) electrons. The summed E-state index contributed by atoms with van der Waals surface area (Å²) in [6.07, 6.45) is 0.904. The van der Waals surface area contributed by atoms with Crippen LogP contribution in [-0.2, 0) is 37.9 Å². The second-order valence-corrected chi connectivity index (χ2v) is 12.7. The van der Waals surface area contributed by atoms with E-state index in [-0.39, 0.29) is 13.2 Å². The predicted molar refractivity (Wildman–Crippen MR) is 177 cm³/mol. The number of hydrogen-bond acceptors (Lipinski definition) is 15. The molecule has 0 aromatic rings. The second-order valence-electron chi connectivity index (χ2n) is 12.7. The van der Waals surface area contributed by atoms with Gasteiger partial charge in [-0.2, -0.15) is 0 Å². The van der Waals surface area contributed by atoms with Gasteiger partial charge in [-0.05, 0) is 6.42 Å². The minimum atomic E-state index is -1.73. The fourth-order valence-electron chi connectivity index (χ4n) is 5.72. The van der Waals surface area contributed by atoms with E-state index in [0.717, 1.165) is 13.0 Å². The molecule has 0 aromatic carbocycles. The maximum absolute atomic E-state index is 10.7. The van der Waals surface area contributed by atoms with E-state index in [4.69, 9.17) is 37.9 Å². The fourth-order valence-corrected chi connectivity index (χ4v) is 5.72. The zero-order valence-electron chi connectivity index (χ0n) is 29.4. The van der Waals surface area contributed by atoms with Crippen molar-refractivity contribution in [3.63, 3.8) is 0 Å². The molecule has 49 heavy (non-hydrogen) atoms. The Hall–Kier alpha value is -0.600. The lowest BCUT2D eigenvalue weighted by Gasteiger charge is -2.45. The quantitative estimate of drug-likeness (QED) is 0.0502. The van der Waals surface area contributed by atoms with Crippen molar-refractivity contribution in [2.45, 2.75) is 145 Å². The fraction of sp³-hybridized carbons (Fsp3) is 1.00. The van der Waals surface area contributed by atoms with Crippen molar-refractivity contribution in [1.29, 1.82) is 0 Å². The summed E-state index contributed by atoms with van der Waals surface area (Å²) in [6.45, 7) is 4.50. The molecule has 0 aromatic heterocycles. The maximum atomic E-state index is 10.7. The van der Waals surface area contributed by atoms with Crippen LogP contribution in [-0.4, -0.2) is 170 Å². The molecule has 2 aliphatic heterocycles. The van der Waals surface area contributed by atoms with Crippen molar-refractivity contribution < 1.29 is 73.6 Å². The summed E-state index contributed by atoms with van der Waals surface area (Å²) < 4.78 is 44.0. The normalized spacial score (nSPS) is 30.6. The van der Waals surface area contributed by atoms with Crippen LogP contribution in [0.2, 0.25) is 0 Å². The van der Waals surface area contributed by atoms with Crippen molar-refractivity contribution in [2.75, 3.05) is 72.7 Å². The van der Waals surface area contributed by atoms with Crippen LogP contribution < -0.4 is 0 Å². The number of rotatable bonds is 30. The number of aliphatic hydroxyl groups is 7. The maximum Gasteiger partial charge on any atom is 0.187 e. The molecule has 0 amide bonds. The van der Waals surface area contributed by atoms with Crippen molar-refractivity contribution >= 4 is 0 Å². The van der Waals surface area contributed by atoms with E-state index in [1.54, 1.807) is 0 Å². The first-order chi connectivity index (χ1) is 23.8. The Kier molecular flexibility index (Phi) is 25.4. The van der Waals surface area contributed by atoms with Crippen LogP contribution >= 0.6 is 0 Å². The average Bonchev–Trinajstić information content (AvgIpc) is 3.11. The van der Waals surface area contributed by atoms with E-state index in [9.17, 15) is 35.7 Å². The zero-order chi connectivity index (χ0) is 35.7. The average molecular weight is 715 g/mol. The molecule has 10 atom stereocenters. The molecule has 15 heteroatoms. The SMILES string of the molecule is CCCCCCCCCCCCCCOCCOCCOCCOCCO[C@H]1O[C@H](CO)[C@@H](O[C@@H]2O[C@H](CO)[C@H](O)[C@H](O)[C@H]2O)[C@H](O)[C@H]1O. The highest BCUT2D eigenvalue weighted by molar-refractivity contribution is 4.94. The van der Waals surface area contributed by atoms with Crippen LogP contribution in [0.15, 0.2) is 0 Å². The predicted octanol–water partition coefficient (Wildman–Crippen LogP) is 0.395. The Morgan fingerprint density at radius 1 is 0.429 bits per heavy atom. The summed E-state index contributed by atoms with van der Waals surface area (Å²) in [5, 5.41) is 70.5. The third-order valence-corrected chi connectivity index (χ3v) is 8.73. The molecule has 2 rings (SSSR count). The van der Waals surface area contributed by atoms with Gasteiger partial charge < -0.3 is 73.6 Å². The van der Waals surface area contributed by atoms with Gasteiger partial charge in [0.1, 0.15) is 48.8 Å². The molecule has 0 bridgehead atoms. The molecule has 2 fully saturated rings. The van der Waals surface area contributed by atoms with Crippen molar-refractivity contribution in [1.82, 2.24) is 0 Å². The summed E-state index contributed by atoms with van der Waals surface area (Å²) in [7, 11) is 0. The summed E-state index contributed by atoms with van der Waals surface area (Å²) in [5.74, 6) is 0. The lowest BCUT2D eigenvalue weighted by Crippen LogP contribution is -2.64. The number of unbranched alkanes of at least 4 members (excludes halogenated alkanes) is 11. The molecule has 2 saturated heterocycles. The lowest BCUT2D eigenvalue weighted by atomic mass is 9.97. The van der Waals surface area contributed by atoms with Gasteiger partial charge in [0.25, 0.3) is 0 Å². The van der Waals surface area contributed by atoms with Gasteiger partial charge in [0, 0.05) is 6.61 Å². The first kappa shape index (κ1) is 44.6. The van der Waals surface area contributed by atoms with Crippen LogP contribution in [0, 0.1) is 0 Å². The Labute approximate surface area is 291 Å². The van der Waals surface area contributed by atoms with Crippen molar-refractivity contribution in [2.24, 2.45) is 0 Å². The van der Waals surface area contributed by atoms with Gasteiger partial charge in [-0.3, -0.25) is 0 Å². The Balaban J connectivity index is 1.41. The standard InChI is InChI=1S/C34H66O15/c1-2-3-4-5-6-7-8-9-10-11-12-13-14-42-15-16-43-17-18-44-19-20-45-21-22-46-33-31(41)29(39)32(26(24-36)48-33)49-34-30(40)28(38)27(37)25(23-35)47-34/h25-41H,2-24H2,1H3/t25-,26-,27+,28+,29-,30-,31-,32-,33+,34+/m1/s1. The molecule has 0 aliphatic carbocycles. The van der Waals surface area contributed by atoms with Gasteiger partial charge in [-0.15, -0.1) is 0 Å². The Bertz CT molecular complexity index is 763. The number of hydrogen-bond donors (Lipinski definition) is 7. The van der Waals surface area contributed by atoms with E-state index in [0.29, 0.717) is 39.6 Å². The highest BCUT2D eigenvalue weighted by Gasteiger charge is 2.50. The molecule has 0 saturated carbocycles. The lowest BCUT2D eigenvalue weighted by molar-refractivity contribution is -0.359. The number of aliphatic hydroxyl groups excluding tert-OH is 7. The summed E-state index contributed by atoms with van der Waals surface area (Å²) in [5.41, 5.74) is 0. The Morgan fingerprint density at radius 2 is 0.857 bits per heavy atom. The highest BCUT2D eigenvalue weighted by atomic mass is 16.7. The molecule has 0 spiro atoms. The Morgan fingerprint density at radius 3 is 1.37 bits per heavy atom. The molecular weight excluding hydrogens is 648 g/mol. The van der Waals surface area contributed by atoms with Gasteiger partial charge in [0.15, 0.2) is 12.6 Å². The molecule has 7 N–H and O–H groups in total. The minimum absolute atomic E-state index is 0.00714. The van der Waals surface area contributed by atoms with Crippen LogP contribution in [0.1, 0.15) is 84.0 Å². The van der Waals surface area contributed by atoms with Crippen LogP contribution in [0.3, 0.4) is 0 Å². The zero-order valence-corrected chi connectivity index (χ0v) is 29.4. The summed E-state index contributed by atoms with van der Waals surface area (Å²) >= 11 is 0. The highest BCUT2D eigenvalue weighted by Crippen LogP contribution is 2.29. The molecule has 2 aliphatic rings. The van der Waals surface area contributed by atoms with Gasteiger partial charge >= 0.3 is 0 Å². The first-order valence-electron chi connectivity index (χ1n) is 18.4. The van der Waals surface area contributed by atoms with Gasteiger partial charge in [-0.1, -0.05) is 77.6 Å². The van der Waals surface area contributed by atoms with Crippen LogP contribution in [0.5, 0.6) is 0 Å². The molecule has 292 valence electrons. The second kappa shape index (κ2) is 28.0. The van der Waals surface area contributed by atoms with Crippen LogP contribution in [0.25, 0.3) is 0 Å². The largest absolute Gasteiger partial charge is 0.394 e. The van der Waals surface area contributed by atoms with Crippen molar-refractivity contribution in [3.05, 3.63) is 0 Å². The van der Waals surface area contributed by atoms with E-state index < -0.39 is 74.6 Å². The van der Waals surface area contributed by atoms with E-state index in [1.165, 1.54) is 70.6 Å². The van der Waals surface area contributed by atoms with Gasteiger partial charge in [0.05, 0.1) is 66.1 Å². The van der Waals surface area contributed by atoms with Gasteiger partial charge in [0.2, 0.25) is 0 Å². The molecule has 2 heterocycles. The summed E-state index contributed by atoms with van der Waals surface area (Å²) in [4.78, 5) is 0.